The van der Waals surface area contributed by atoms with E-state index in [4.69, 9.17) is 4.74 Å². The summed E-state index contributed by atoms with van der Waals surface area (Å²) in [4.78, 5) is 26.1. The SMILES string of the molecule is CCCn1c(=O)cc(C)c2ccc(OCC(=O)NCCN(C)C)cc21. The van der Waals surface area contributed by atoms with E-state index in [1.165, 1.54) is 0 Å². The molecule has 0 radical (unpaired) electrons. The standard InChI is InChI=1S/C19H27N3O3/c1-5-9-22-17-12-15(6-7-16(17)14(2)11-19(22)24)25-13-18(23)20-8-10-21(3)4/h6-7,11-12H,5,8-10,13H2,1-4H3,(H,20,23). The maximum Gasteiger partial charge on any atom is 0.257 e. The van der Waals surface area contributed by atoms with Crippen molar-refractivity contribution in [1.82, 2.24) is 14.8 Å². The summed E-state index contributed by atoms with van der Waals surface area (Å²) < 4.78 is 7.36. The molecule has 1 N–H and O–H groups in total. The van der Waals surface area contributed by atoms with E-state index in [1.54, 1.807) is 10.6 Å². The van der Waals surface area contributed by atoms with E-state index in [-0.39, 0.29) is 18.1 Å². The zero-order valence-electron chi connectivity index (χ0n) is 15.5. The molecule has 0 atom stereocenters. The van der Waals surface area contributed by atoms with E-state index in [9.17, 15) is 9.59 Å². The van der Waals surface area contributed by atoms with Gasteiger partial charge >= 0.3 is 0 Å². The second kappa shape index (κ2) is 8.67. The molecule has 136 valence electrons. The number of benzene rings is 1. The van der Waals surface area contributed by atoms with Crippen molar-refractivity contribution in [3.8, 4) is 5.75 Å². The van der Waals surface area contributed by atoms with E-state index < -0.39 is 0 Å². The molecule has 1 amide bonds. The number of hydrogen-bond acceptors (Lipinski definition) is 4. The van der Waals surface area contributed by atoms with Gasteiger partial charge in [-0.1, -0.05) is 6.92 Å². The third-order valence-electron chi connectivity index (χ3n) is 3.99. The Morgan fingerprint density at radius 2 is 2.04 bits per heavy atom. The highest BCUT2D eigenvalue weighted by molar-refractivity contribution is 5.84. The van der Waals surface area contributed by atoms with Gasteiger partial charge in [-0.3, -0.25) is 9.59 Å². The Morgan fingerprint density at radius 1 is 1.28 bits per heavy atom. The fourth-order valence-electron chi connectivity index (χ4n) is 2.69. The number of likely N-dealkylation sites (N-methyl/N-ethyl adjacent to an activating group) is 1. The molecule has 0 saturated heterocycles. The number of aromatic nitrogens is 1. The number of hydrogen-bond donors (Lipinski definition) is 1. The first kappa shape index (κ1) is 19.0. The molecule has 2 rings (SSSR count). The van der Waals surface area contributed by atoms with E-state index in [2.05, 4.69) is 5.32 Å². The number of nitrogens with zero attached hydrogens (tertiary/aromatic N) is 2. The number of amides is 1. The van der Waals surface area contributed by atoms with Crippen molar-refractivity contribution >= 4 is 16.8 Å². The van der Waals surface area contributed by atoms with Crippen LogP contribution in [0.3, 0.4) is 0 Å². The molecule has 0 fully saturated rings. The first-order chi connectivity index (χ1) is 11.9. The molecule has 0 bridgehead atoms. The number of nitrogens with one attached hydrogen (secondary N) is 1. The Balaban J connectivity index is 2.13. The van der Waals surface area contributed by atoms with Crippen LogP contribution in [0.25, 0.3) is 10.9 Å². The lowest BCUT2D eigenvalue weighted by molar-refractivity contribution is -0.123. The molecule has 6 nitrogen and oxygen atoms in total. The molecule has 0 unspecified atom stereocenters. The van der Waals surface area contributed by atoms with E-state index in [0.717, 1.165) is 29.4 Å². The van der Waals surface area contributed by atoms with Gasteiger partial charge in [0.05, 0.1) is 5.52 Å². The van der Waals surface area contributed by atoms with E-state index >= 15 is 0 Å². The lowest BCUT2D eigenvalue weighted by Crippen LogP contribution is -2.34. The van der Waals surface area contributed by atoms with Crippen LogP contribution in [0.2, 0.25) is 0 Å². The molecule has 1 aromatic heterocycles. The van der Waals surface area contributed by atoms with Crippen molar-refractivity contribution in [3.63, 3.8) is 0 Å². The van der Waals surface area contributed by atoms with Crippen molar-refractivity contribution in [1.29, 1.82) is 0 Å². The zero-order chi connectivity index (χ0) is 18.4. The van der Waals surface area contributed by atoms with Crippen LogP contribution < -0.4 is 15.6 Å². The van der Waals surface area contributed by atoms with Gasteiger partial charge in [0.25, 0.3) is 11.5 Å². The lowest BCUT2D eigenvalue weighted by Gasteiger charge is -2.14. The van der Waals surface area contributed by atoms with Crippen LogP contribution in [-0.2, 0) is 11.3 Å². The number of pyridine rings is 1. The highest BCUT2D eigenvalue weighted by atomic mass is 16.5. The Kier molecular flexibility index (Phi) is 6.58. The molecule has 0 aliphatic heterocycles. The molecule has 0 saturated carbocycles. The summed E-state index contributed by atoms with van der Waals surface area (Å²) in [7, 11) is 3.91. The monoisotopic (exact) mass is 345 g/mol. The van der Waals surface area contributed by atoms with Crippen LogP contribution in [-0.4, -0.2) is 49.2 Å². The van der Waals surface area contributed by atoms with Gasteiger partial charge in [-0.15, -0.1) is 0 Å². The summed E-state index contributed by atoms with van der Waals surface area (Å²) in [5.41, 5.74) is 1.78. The van der Waals surface area contributed by atoms with E-state index in [0.29, 0.717) is 18.8 Å². The minimum Gasteiger partial charge on any atom is -0.484 e. The highest BCUT2D eigenvalue weighted by Crippen LogP contribution is 2.22. The van der Waals surface area contributed by atoms with Crippen molar-refractivity contribution in [2.45, 2.75) is 26.8 Å². The van der Waals surface area contributed by atoms with Gasteiger partial charge < -0.3 is 19.5 Å². The number of rotatable bonds is 8. The van der Waals surface area contributed by atoms with Gasteiger partial charge in [0.2, 0.25) is 0 Å². The van der Waals surface area contributed by atoms with Gasteiger partial charge in [0.15, 0.2) is 6.61 Å². The number of carbonyl (C=O) groups excluding carboxylic acids is 1. The van der Waals surface area contributed by atoms with E-state index in [1.807, 2.05) is 51.0 Å². The van der Waals surface area contributed by atoms with Crippen molar-refractivity contribution in [3.05, 3.63) is 40.2 Å². The summed E-state index contributed by atoms with van der Waals surface area (Å²) >= 11 is 0. The fraction of sp³-hybridized carbons (Fsp3) is 0.474. The van der Waals surface area contributed by atoms with Gasteiger partial charge in [0, 0.05) is 37.2 Å². The van der Waals surface area contributed by atoms with Crippen LogP contribution in [0, 0.1) is 6.92 Å². The average Bonchev–Trinajstić information content (AvgIpc) is 2.56. The summed E-state index contributed by atoms with van der Waals surface area (Å²) in [6.07, 6.45) is 0.872. The number of fused-ring (bicyclic) bond motifs is 1. The molecule has 6 heteroatoms. The topological polar surface area (TPSA) is 63.6 Å². The van der Waals surface area contributed by atoms with Crippen molar-refractivity contribution in [2.75, 3.05) is 33.8 Å². The largest absolute Gasteiger partial charge is 0.484 e. The molecule has 1 heterocycles. The first-order valence-corrected chi connectivity index (χ1v) is 8.60. The van der Waals surface area contributed by atoms with Gasteiger partial charge in [-0.25, -0.2) is 0 Å². The van der Waals surface area contributed by atoms with Crippen molar-refractivity contribution < 1.29 is 9.53 Å². The molecule has 1 aromatic carbocycles. The normalized spacial score (nSPS) is 11.1. The molecule has 0 spiro atoms. The summed E-state index contributed by atoms with van der Waals surface area (Å²) in [5.74, 6) is 0.433. The summed E-state index contributed by atoms with van der Waals surface area (Å²) in [6.45, 7) is 5.95. The van der Waals surface area contributed by atoms with Crippen LogP contribution in [0.4, 0.5) is 0 Å². The van der Waals surface area contributed by atoms with Gasteiger partial charge in [0.1, 0.15) is 5.75 Å². The predicted octanol–water partition coefficient (Wildman–Crippen LogP) is 1.78. The quantitative estimate of drug-likeness (QED) is 0.792. The first-order valence-electron chi connectivity index (χ1n) is 8.60. The zero-order valence-corrected chi connectivity index (χ0v) is 15.5. The molecule has 25 heavy (non-hydrogen) atoms. The minimum absolute atomic E-state index is 0.00886. The summed E-state index contributed by atoms with van der Waals surface area (Å²) in [6, 6.07) is 7.28. The smallest absolute Gasteiger partial charge is 0.257 e. The molecular weight excluding hydrogens is 318 g/mol. The minimum atomic E-state index is -0.155. The molecule has 2 aromatic rings. The van der Waals surface area contributed by atoms with Crippen LogP contribution >= 0.6 is 0 Å². The summed E-state index contributed by atoms with van der Waals surface area (Å²) in [5, 5.41) is 3.83. The predicted molar refractivity (Wildman–Crippen MR) is 100 cm³/mol. The fourth-order valence-corrected chi connectivity index (χ4v) is 2.69. The Labute approximate surface area is 148 Å². The Bertz CT molecular complexity index is 796. The maximum absolute atomic E-state index is 12.2. The highest BCUT2D eigenvalue weighted by Gasteiger charge is 2.09. The number of carbonyl (C=O) groups is 1. The Hall–Kier alpha value is -2.34. The molecular formula is C19H27N3O3. The lowest BCUT2D eigenvalue weighted by atomic mass is 10.1. The number of ether oxygens (including phenoxy) is 1. The third kappa shape index (κ3) is 5.06. The third-order valence-corrected chi connectivity index (χ3v) is 3.99. The van der Waals surface area contributed by atoms with Gasteiger partial charge in [-0.05, 0) is 45.1 Å². The molecule has 0 aliphatic rings. The molecule has 0 aliphatic carbocycles. The average molecular weight is 345 g/mol. The number of aryl methyl sites for hydroxylation is 2. The van der Waals surface area contributed by atoms with Crippen LogP contribution in [0.15, 0.2) is 29.1 Å². The van der Waals surface area contributed by atoms with Crippen molar-refractivity contribution in [2.24, 2.45) is 0 Å². The van der Waals surface area contributed by atoms with Crippen LogP contribution in [0.5, 0.6) is 5.75 Å². The van der Waals surface area contributed by atoms with Gasteiger partial charge in [-0.2, -0.15) is 0 Å². The second-order valence-corrected chi connectivity index (χ2v) is 6.44. The second-order valence-electron chi connectivity index (χ2n) is 6.44. The Morgan fingerprint density at radius 3 is 2.72 bits per heavy atom. The maximum atomic E-state index is 12.2. The van der Waals surface area contributed by atoms with Crippen LogP contribution in [0.1, 0.15) is 18.9 Å².